The third-order valence-electron chi connectivity index (χ3n) is 14.0. The Morgan fingerprint density at radius 2 is 0.632 bits per heavy atom. The predicted molar refractivity (Wildman–Crippen MR) is 266 cm³/mol. The van der Waals surface area contributed by atoms with E-state index in [4.69, 9.17) is 28.4 Å². The van der Waals surface area contributed by atoms with Crippen molar-refractivity contribution in [1.29, 1.82) is 0 Å². The Kier molecular flexibility index (Phi) is 16.7. The minimum Gasteiger partial charge on any atom is -0.494 e. The zero-order chi connectivity index (χ0) is 47.0. The zero-order valence-electron chi connectivity index (χ0n) is 40.0. The fourth-order valence-corrected chi connectivity index (χ4v) is 10.7. The summed E-state index contributed by atoms with van der Waals surface area (Å²) < 4.78 is 38.3. The number of hydrogen-bond donors (Lipinski definition) is 0. The lowest BCUT2D eigenvalue weighted by atomic mass is 9.71. The van der Waals surface area contributed by atoms with Crippen LogP contribution in [0.1, 0.15) is 126 Å². The molecule has 356 valence electrons. The van der Waals surface area contributed by atoms with Crippen LogP contribution in [0.5, 0.6) is 11.5 Å². The first-order valence-corrected chi connectivity index (χ1v) is 25.1. The van der Waals surface area contributed by atoms with Gasteiger partial charge in [0.05, 0.1) is 37.6 Å². The van der Waals surface area contributed by atoms with E-state index in [0.717, 1.165) is 124 Å². The minimum absolute atomic E-state index is 0.273. The van der Waals surface area contributed by atoms with Crippen molar-refractivity contribution >= 4 is 11.9 Å². The molecular formula is C60H68O8. The van der Waals surface area contributed by atoms with Gasteiger partial charge in [-0.2, -0.15) is 0 Å². The highest BCUT2D eigenvalue weighted by Crippen LogP contribution is 2.55. The SMILES string of the molecule is CC1=C2C(=O)OCCCCCCOc3ccc(cc3)OCCCCCCOC(=O)C3=C(C)OC(c4ccccc4)(c4ccccc4)C3CCCCCCC2C(c2ccccc2)(c2ccccc2)O1. The summed E-state index contributed by atoms with van der Waals surface area (Å²) >= 11 is 0. The molecule has 0 saturated carbocycles. The van der Waals surface area contributed by atoms with E-state index in [1.807, 2.05) is 111 Å². The number of allylic oxidation sites excluding steroid dienone is 2. The van der Waals surface area contributed by atoms with Gasteiger partial charge in [0.1, 0.15) is 23.0 Å². The molecule has 4 aliphatic rings. The highest BCUT2D eigenvalue weighted by Gasteiger charge is 2.55. The quantitative estimate of drug-likeness (QED) is 0.165. The molecule has 5 aromatic carbocycles. The van der Waals surface area contributed by atoms with Gasteiger partial charge in [-0.25, -0.2) is 9.59 Å². The van der Waals surface area contributed by atoms with Gasteiger partial charge in [0.2, 0.25) is 0 Å². The molecule has 2 unspecified atom stereocenters. The molecule has 0 fully saturated rings. The third-order valence-corrected chi connectivity index (χ3v) is 14.0. The fraction of sp³-hybridized carbons (Fsp3) is 0.400. The van der Waals surface area contributed by atoms with Gasteiger partial charge in [0.25, 0.3) is 0 Å². The highest BCUT2D eigenvalue weighted by atomic mass is 16.5. The summed E-state index contributed by atoms with van der Waals surface area (Å²) in [5.41, 5.74) is 3.49. The molecule has 0 saturated heterocycles. The lowest BCUT2D eigenvalue weighted by Gasteiger charge is -2.37. The second-order valence-corrected chi connectivity index (χ2v) is 18.4. The van der Waals surface area contributed by atoms with E-state index in [1.54, 1.807) is 0 Å². The summed E-state index contributed by atoms with van der Waals surface area (Å²) in [6.45, 7) is 5.76. The van der Waals surface area contributed by atoms with Crippen LogP contribution in [0.3, 0.4) is 0 Å². The first-order valence-electron chi connectivity index (χ1n) is 25.1. The fourth-order valence-electron chi connectivity index (χ4n) is 10.7. The first-order chi connectivity index (χ1) is 33.4. The molecule has 5 aromatic rings. The van der Waals surface area contributed by atoms with Gasteiger partial charge in [-0.1, -0.05) is 147 Å². The number of esters is 2. The molecule has 2 bridgehead atoms. The summed E-state index contributed by atoms with van der Waals surface area (Å²) in [4.78, 5) is 28.6. The van der Waals surface area contributed by atoms with E-state index in [-0.39, 0.29) is 23.8 Å². The summed E-state index contributed by atoms with van der Waals surface area (Å²) in [6, 6.07) is 49.1. The number of hydrogen-bond acceptors (Lipinski definition) is 8. The van der Waals surface area contributed by atoms with Crippen molar-refractivity contribution in [3.63, 3.8) is 0 Å². The second-order valence-electron chi connectivity index (χ2n) is 18.4. The molecular weight excluding hydrogens is 849 g/mol. The molecule has 68 heavy (non-hydrogen) atoms. The predicted octanol–water partition coefficient (Wildman–Crippen LogP) is 13.7. The van der Waals surface area contributed by atoms with Crippen molar-refractivity contribution in [3.8, 4) is 11.5 Å². The van der Waals surface area contributed by atoms with Crippen LogP contribution < -0.4 is 9.47 Å². The van der Waals surface area contributed by atoms with Gasteiger partial charge in [-0.05, 0) is 102 Å². The minimum atomic E-state index is -0.894. The first kappa shape index (κ1) is 48.2. The van der Waals surface area contributed by atoms with Crippen molar-refractivity contribution in [1.82, 2.24) is 0 Å². The van der Waals surface area contributed by atoms with Crippen LogP contribution in [0.2, 0.25) is 0 Å². The molecule has 0 radical (unpaired) electrons. The number of rotatable bonds is 4. The van der Waals surface area contributed by atoms with E-state index >= 15 is 0 Å². The Bertz CT molecular complexity index is 2180. The van der Waals surface area contributed by atoms with E-state index in [2.05, 4.69) is 48.5 Å². The molecule has 4 aliphatic heterocycles. The normalized spacial score (nSPS) is 21.5. The Balaban J connectivity index is 1.04. The van der Waals surface area contributed by atoms with Crippen molar-refractivity contribution in [2.24, 2.45) is 11.8 Å². The van der Waals surface area contributed by atoms with E-state index in [1.165, 1.54) is 0 Å². The van der Waals surface area contributed by atoms with Crippen LogP contribution in [-0.4, -0.2) is 38.4 Å². The van der Waals surface area contributed by atoms with Crippen molar-refractivity contribution in [2.75, 3.05) is 26.4 Å². The molecule has 8 heteroatoms. The summed E-state index contributed by atoms with van der Waals surface area (Å²) in [5.74, 6) is 1.71. The van der Waals surface area contributed by atoms with Crippen molar-refractivity contribution < 1.29 is 38.0 Å². The molecule has 8 nitrogen and oxygen atoms in total. The number of fused-ring (bicyclic) bond motifs is 23. The molecule has 0 spiro atoms. The van der Waals surface area contributed by atoms with Gasteiger partial charge in [-0.3, -0.25) is 0 Å². The third kappa shape index (κ3) is 11.0. The lowest BCUT2D eigenvalue weighted by Crippen LogP contribution is -2.37. The summed E-state index contributed by atoms with van der Waals surface area (Å²) in [7, 11) is 0. The van der Waals surface area contributed by atoms with Crippen LogP contribution in [0.25, 0.3) is 0 Å². The largest absolute Gasteiger partial charge is 0.494 e. The Morgan fingerprint density at radius 1 is 0.353 bits per heavy atom. The van der Waals surface area contributed by atoms with Crippen LogP contribution in [0.15, 0.2) is 168 Å². The van der Waals surface area contributed by atoms with Gasteiger partial charge in [0, 0.05) is 34.1 Å². The van der Waals surface area contributed by atoms with Gasteiger partial charge >= 0.3 is 11.9 Å². The van der Waals surface area contributed by atoms with Crippen LogP contribution in [-0.2, 0) is 39.7 Å². The molecule has 0 aliphatic carbocycles. The van der Waals surface area contributed by atoms with E-state index in [0.29, 0.717) is 49.1 Å². The number of benzene rings is 5. The Hall–Kier alpha value is -6.28. The maximum atomic E-state index is 14.3. The molecule has 4 heterocycles. The smallest absolute Gasteiger partial charge is 0.337 e. The molecule has 9 rings (SSSR count). The maximum Gasteiger partial charge on any atom is 0.337 e. The molecule has 0 N–H and O–H groups in total. The lowest BCUT2D eigenvalue weighted by molar-refractivity contribution is -0.141. The maximum absolute atomic E-state index is 14.3. The molecule has 2 atom stereocenters. The second kappa shape index (κ2) is 23.6. The van der Waals surface area contributed by atoms with Gasteiger partial charge in [-0.15, -0.1) is 0 Å². The molecule has 0 aromatic heterocycles. The standard InChI is InChI=1S/C60H68O8/c1-45-55-53(59(67-45,47-27-13-9-14-28-47)48-29-15-10-16-30-48)35-21-3-4-22-36-54-56(46(2)68-60(54,49-31-17-11-18-32-49)50-33-19-12-20-34-50)58(62)66-44-26-8-6-24-42-64-52-39-37-51(38-40-52)63-41-23-5-7-25-43-65-57(55)61/h9-20,27-34,37-40,53-54H,3-8,21-26,35-36,41-44H2,1-2H3. The Labute approximate surface area is 403 Å². The van der Waals surface area contributed by atoms with Crippen molar-refractivity contribution in [3.05, 3.63) is 191 Å². The van der Waals surface area contributed by atoms with Gasteiger partial charge < -0.3 is 28.4 Å². The molecule has 0 amide bonds. The van der Waals surface area contributed by atoms with E-state index < -0.39 is 11.2 Å². The van der Waals surface area contributed by atoms with Crippen LogP contribution in [0.4, 0.5) is 0 Å². The van der Waals surface area contributed by atoms with Crippen molar-refractivity contribution in [2.45, 2.75) is 115 Å². The van der Waals surface area contributed by atoms with E-state index in [9.17, 15) is 9.59 Å². The topological polar surface area (TPSA) is 89.5 Å². The average molecular weight is 917 g/mol. The van der Waals surface area contributed by atoms with Gasteiger partial charge in [0.15, 0.2) is 11.2 Å². The highest BCUT2D eigenvalue weighted by molar-refractivity contribution is 5.91. The average Bonchev–Trinajstić information content (AvgIpc) is 3.85. The monoisotopic (exact) mass is 916 g/mol. The zero-order valence-corrected chi connectivity index (χ0v) is 40.0. The number of ether oxygens (including phenoxy) is 6. The van der Waals surface area contributed by atoms with Crippen LogP contribution in [0, 0.1) is 11.8 Å². The Morgan fingerprint density at radius 3 is 0.941 bits per heavy atom. The number of carbonyl (C=O) groups is 2. The summed E-state index contributed by atoms with van der Waals surface area (Å²) in [6.07, 6.45) is 12.2. The number of carbonyl (C=O) groups excluding carboxylic acids is 2. The van der Waals surface area contributed by atoms with Crippen LogP contribution >= 0.6 is 0 Å². The summed E-state index contributed by atoms with van der Waals surface area (Å²) in [5, 5.41) is 0.